The van der Waals surface area contributed by atoms with Gasteiger partial charge in [-0.3, -0.25) is 4.79 Å². The predicted molar refractivity (Wildman–Crippen MR) is 90.2 cm³/mol. The van der Waals surface area contributed by atoms with Crippen LogP contribution in [-0.2, 0) is 6.42 Å². The third-order valence-electron chi connectivity index (χ3n) is 4.30. The third kappa shape index (κ3) is 3.37. The van der Waals surface area contributed by atoms with E-state index in [-0.39, 0.29) is 5.91 Å². The van der Waals surface area contributed by atoms with Gasteiger partial charge in [-0.2, -0.15) is 0 Å². The molecule has 1 aliphatic rings. The highest BCUT2D eigenvalue weighted by atomic mass is 32.1. The molecule has 5 nitrogen and oxygen atoms in total. The molecule has 0 unspecified atom stereocenters. The van der Waals surface area contributed by atoms with Crippen LogP contribution in [0.2, 0.25) is 0 Å². The molecular formula is C17H21N3O2S. The molecule has 2 heterocycles. The summed E-state index contributed by atoms with van der Waals surface area (Å²) < 4.78 is 9.16. The first kappa shape index (κ1) is 15.9. The average molecular weight is 331 g/mol. The summed E-state index contributed by atoms with van der Waals surface area (Å²) in [6.07, 6.45) is 2.78. The van der Waals surface area contributed by atoms with Crippen molar-refractivity contribution in [2.75, 3.05) is 20.2 Å². The number of nitrogens with zero attached hydrogens (tertiary/aromatic N) is 3. The Hall–Kier alpha value is -1.95. The summed E-state index contributed by atoms with van der Waals surface area (Å²) >= 11 is 1.22. The summed E-state index contributed by atoms with van der Waals surface area (Å²) in [7, 11) is 1.67. The minimum absolute atomic E-state index is 0.0828. The highest BCUT2D eigenvalue weighted by molar-refractivity contribution is 7.08. The van der Waals surface area contributed by atoms with E-state index in [1.807, 2.05) is 17.0 Å². The van der Waals surface area contributed by atoms with Gasteiger partial charge in [-0.15, -0.1) is 5.10 Å². The van der Waals surface area contributed by atoms with E-state index in [0.29, 0.717) is 10.8 Å². The number of aromatic nitrogens is 2. The number of aryl methyl sites for hydroxylation is 1. The molecule has 23 heavy (non-hydrogen) atoms. The molecule has 1 saturated heterocycles. The van der Waals surface area contributed by atoms with Gasteiger partial charge in [0.05, 0.1) is 12.8 Å². The first-order chi connectivity index (χ1) is 11.2. The zero-order chi connectivity index (χ0) is 16.2. The molecule has 6 heteroatoms. The minimum atomic E-state index is 0.0828. The number of methoxy groups -OCH3 is 1. The molecule has 0 N–H and O–H groups in total. The van der Waals surface area contributed by atoms with Gasteiger partial charge in [-0.1, -0.05) is 30.0 Å². The van der Waals surface area contributed by atoms with E-state index in [2.05, 4.69) is 28.6 Å². The van der Waals surface area contributed by atoms with Gasteiger partial charge in [0.15, 0.2) is 0 Å². The van der Waals surface area contributed by atoms with Crippen LogP contribution in [0.3, 0.4) is 0 Å². The van der Waals surface area contributed by atoms with Crippen LogP contribution in [0.25, 0.3) is 0 Å². The summed E-state index contributed by atoms with van der Waals surface area (Å²) in [5.74, 6) is 1.33. The lowest BCUT2D eigenvalue weighted by Gasteiger charge is -2.16. The molecule has 1 amide bonds. The van der Waals surface area contributed by atoms with Crippen molar-refractivity contribution in [3.8, 4) is 5.75 Å². The Labute approximate surface area is 140 Å². The van der Waals surface area contributed by atoms with Gasteiger partial charge in [0.2, 0.25) is 0 Å². The monoisotopic (exact) mass is 331 g/mol. The molecule has 0 aliphatic carbocycles. The number of ether oxygens (including phenoxy) is 1. The van der Waals surface area contributed by atoms with E-state index < -0.39 is 0 Å². The zero-order valence-corrected chi connectivity index (χ0v) is 14.3. The number of likely N-dealkylation sites (tertiary alicyclic amines) is 1. The van der Waals surface area contributed by atoms with E-state index in [0.717, 1.165) is 43.8 Å². The summed E-state index contributed by atoms with van der Waals surface area (Å²) in [6.45, 7) is 3.64. The van der Waals surface area contributed by atoms with Gasteiger partial charge in [0, 0.05) is 19.0 Å². The molecule has 1 aromatic heterocycles. The number of carbonyl (C=O) groups is 1. The fourth-order valence-corrected chi connectivity index (χ4v) is 3.68. The van der Waals surface area contributed by atoms with Crippen molar-refractivity contribution in [3.63, 3.8) is 0 Å². The molecular weight excluding hydrogens is 310 g/mol. The normalized spacial score (nSPS) is 17.5. The van der Waals surface area contributed by atoms with Crippen LogP contribution < -0.4 is 4.74 Å². The summed E-state index contributed by atoms with van der Waals surface area (Å²) in [5.41, 5.74) is 2.10. The van der Waals surface area contributed by atoms with Gasteiger partial charge >= 0.3 is 0 Å². The van der Waals surface area contributed by atoms with E-state index in [1.54, 1.807) is 7.11 Å². The van der Waals surface area contributed by atoms with Crippen molar-refractivity contribution in [3.05, 3.63) is 40.4 Å². The molecule has 1 atom stereocenters. The maximum absolute atomic E-state index is 12.7. The number of rotatable bonds is 5. The smallest absolute Gasteiger partial charge is 0.267 e. The lowest BCUT2D eigenvalue weighted by atomic mass is 9.98. The van der Waals surface area contributed by atoms with Gasteiger partial charge in [-0.25, -0.2) is 0 Å². The molecule has 1 aliphatic heterocycles. The number of hydrogen-bond acceptors (Lipinski definition) is 5. The highest BCUT2D eigenvalue weighted by Crippen LogP contribution is 2.30. The van der Waals surface area contributed by atoms with Crippen LogP contribution in [-0.4, -0.2) is 40.6 Å². The van der Waals surface area contributed by atoms with Gasteiger partial charge in [0.25, 0.3) is 5.91 Å². The van der Waals surface area contributed by atoms with Crippen LogP contribution in [0, 0.1) is 0 Å². The molecule has 0 spiro atoms. The van der Waals surface area contributed by atoms with Crippen molar-refractivity contribution in [2.24, 2.45) is 0 Å². The van der Waals surface area contributed by atoms with Crippen LogP contribution in [0.5, 0.6) is 5.75 Å². The molecule has 1 fully saturated rings. The molecule has 2 aromatic rings. The van der Waals surface area contributed by atoms with E-state index in [4.69, 9.17) is 4.74 Å². The van der Waals surface area contributed by atoms with Crippen molar-refractivity contribution in [1.29, 1.82) is 0 Å². The van der Waals surface area contributed by atoms with Gasteiger partial charge in [0.1, 0.15) is 10.6 Å². The maximum Gasteiger partial charge on any atom is 0.267 e. The lowest BCUT2D eigenvalue weighted by molar-refractivity contribution is 0.0794. The Morgan fingerprint density at radius 2 is 2.17 bits per heavy atom. The average Bonchev–Trinajstić information content (AvgIpc) is 3.24. The summed E-state index contributed by atoms with van der Waals surface area (Å²) in [5, 5.41) is 4.10. The topological polar surface area (TPSA) is 55.3 Å². The van der Waals surface area contributed by atoms with Crippen LogP contribution in [0.15, 0.2) is 24.3 Å². The molecule has 1 aromatic carbocycles. The molecule has 0 radical (unpaired) electrons. The van der Waals surface area contributed by atoms with E-state index >= 15 is 0 Å². The van der Waals surface area contributed by atoms with E-state index in [1.165, 1.54) is 17.1 Å². The Morgan fingerprint density at radius 3 is 2.87 bits per heavy atom. The molecule has 0 bridgehead atoms. The zero-order valence-electron chi connectivity index (χ0n) is 13.5. The van der Waals surface area contributed by atoms with Crippen LogP contribution >= 0.6 is 11.5 Å². The summed E-state index contributed by atoms with van der Waals surface area (Å²) in [6, 6.07) is 8.14. The number of amides is 1. The number of benzene rings is 1. The summed E-state index contributed by atoms with van der Waals surface area (Å²) in [4.78, 5) is 15.4. The van der Waals surface area contributed by atoms with Crippen LogP contribution in [0.4, 0.5) is 0 Å². The second kappa shape index (κ2) is 7.08. The largest absolute Gasteiger partial charge is 0.497 e. The predicted octanol–water partition coefficient (Wildman–Crippen LogP) is 3.13. The quantitative estimate of drug-likeness (QED) is 0.845. The Morgan fingerprint density at radius 1 is 1.39 bits per heavy atom. The fourth-order valence-electron chi connectivity index (χ4n) is 3.01. The molecule has 122 valence electrons. The van der Waals surface area contributed by atoms with Crippen molar-refractivity contribution in [2.45, 2.75) is 32.1 Å². The number of hydrogen-bond donors (Lipinski definition) is 0. The first-order valence-corrected chi connectivity index (χ1v) is 8.74. The third-order valence-corrected chi connectivity index (χ3v) is 5.06. The molecule has 0 saturated carbocycles. The molecule has 3 rings (SSSR count). The Balaban J connectivity index is 1.68. The van der Waals surface area contributed by atoms with Gasteiger partial charge in [-0.05, 0) is 42.1 Å². The maximum atomic E-state index is 12.7. The Bertz CT molecular complexity index is 669. The minimum Gasteiger partial charge on any atom is -0.497 e. The second-order valence-corrected chi connectivity index (χ2v) is 6.56. The number of carbonyl (C=O) groups excluding carboxylic acids is 1. The fraction of sp³-hybridized carbons (Fsp3) is 0.471. The second-order valence-electron chi connectivity index (χ2n) is 5.81. The highest BCUT2D eigenvalue weighted by Gasteiger charge is 2.30. The van der Waals surface area contributed by atoms with E-state index in [9.17, 15) is 4.79 Å². The first-order valence-electron chi connectivity index (χ1n) is 7.97. The Kier molecular flexibility index (Phi) is 4.91. The van der Waals surface area contributed by atoms with Gasteiger partial charge < -0.3 is 9.64 Å². The standard InChI is InChI=1S/C17H21N3O2S/c1-3-4-15-16(23-19-18-15)17(21)20-10-9-13(11-20)12-5-7-14(22-2)8-6-12/h5-8,13H,3-4,9-11H2,1-2H3/t13-/m0/s1. The lowest BCUT2D eigenvalue weighted by Crippen LogP contribution is -2.28. The van der Waals surface area contributed by atoms with Crippen molar-refractivity contribution >= 4 is 17.4 Å². The van der Waals surface area contributed by atoms with Crippen molar-refractivity contribution < 1.29 is 9.53 Å². The van der Waals surface area contributed by atoms with Crippen LogP contribution in [0.1, 0.15) is 46.6 Å². The van der Waals surface area contributed by atoms with Crippen molar-refractivity contribution in [1.82, 2.24) is 14.5 Å². The SMILES string of the molecule is CCCc1nnsc1C(=O)N1CC[C@H](c2ccc(OC)cc2)C1.